The number of alkyl halides is 2. The van der Waals surface area contributed by atoms with Crippen LogP contribution in [0.5, 0.6) is 11.5 Å². The van der Waals surface area contributed by atoms with Crippen LogP contribution < -0.4 is 20.1 Å². The number of nitrogens with zero attached hydrogens (tertiary/aromatic N) is 2. The Balaban J connectivity index is 1.42. The fraction of sp³-hybridized carbons (Fsp3) is 0.174. The molecule has 190 valence electrons. The van der Waals surface area contributed by atoms with E-state index < -0.39 is 42.2 Å². The van der Waals surface area contributed by atoms with Crippen molar-refractivity contribution in [2.75, 3.05) is 5.32 Å². The van der Waals surface area contributed by atoms with E-state index in [1.165, 1.54) is 17.5 Å². The van der Waals surface area contributed by atoms with Gasteiger partial charge in [-0.3, -0.25) is 9.59 Å². The Bertz CT molecular complexity index is 1420. The van der Waals surface area contributed by atoms with Crippen LogP contribution in [0.3, 0.4) is 0 Å². The smallest absolute Gasteiger partial charge is 0.476 e. The van der Waals surface area contributed by atoms with Crippen molar-refractivity contribution in [3.05, 3.63) is 70.7 Å². The van der Waals surface area contributed by atoms with Gasteiger partial charge in [-0.05, 0) is 23.3 Å². The normalized spacial score (nSPS) is 18.4. The number of carbonyl (C=O) groups is 4. The third kappa shape index (κ3) is 4.78. The maximum Gasteiger partial charge on any atom is 0.586 e. The summed E-state index contributed by atoms with van der Waals surface area (Å²) in [4.78, 5) is 55.2. The van der Waals surface area contributed by atoms with Gasteiger partial charge in [-0.1, -0.05) is 36.4 Å². The quantitative estimate of drug-likeness (QED) is 0.395. The molecule has 2 aliphatic rings. The van der Waals surface area contributed by atoms with E-state index in [-0.39, 0.29) is 34.3 Å². The number of aromatic nitrogens is 1. The van der Waals surface area contributed by atoms with Gasteiger partial charge in [-0.15, -0.1) is 20.1 Å². The number of imide groups is 1. The van der Waals surface area contributed by atoms with Gasteiger partial charge in [0.2, 0.25) is 5.91 Å². The fourth-order valence-electron chi connectivity index (χ4n) is 3.92. The molecular formula is C23H16F2N4O7S. The van der Waals surface area contributed by atoms with E-state index >= 15 is 0 Å². The standard InChI is InChI=1S/C23H16F2N4O7S/c24-23(25)35-15-7-6-12(9-16(15)36-23)17-19(31)29(22(34)27-17)14(8-11-4-2-1-3-5-11)18(30)28-21-26-13(10-37-21)20(32)33/h1-7,9-10,14,17H,8H2,(H,27,34)(H,32,33)(H,26,28,30)/t14-,17?/m0/s1. The number of carbonyl (C=O) groups excluding carboxylic acids is 3. The number of anilines is 1. The maximum atomic E-state index is 13.4. The van der Waals surface area contributed by atoms with E-state index in [1.807, 2.05) is 0 Å². The summed E-state index contributed by atoms with van der Waals surface area (Å²) in [5.41, 5.74) is 0.511. The number of urea groups is 1. The highest BCUT2D eigenvalue weighted by molar-refractivity contribution is 7.14. The molecule has 3 aromatic rings. The number of carboxylic acid groups (broad SMARTS) is 1. The number of thiazole rings is 1. The molecule has 14 heteroatoms. The third-order valence-electron chi connectivity index (χ3n) is 5.57. The molecule has 1 saturated heterocycles. The molecule has 0 aliphatic carbocycles. The summed E-state index contributed by atoms with van der Waals surface area (Å²) in [7, 11) is 0. The third-order valence-corrected chi connectivity index (χ3v) is 6.33. The van der Waals surface area contributed by atoms with Gasteiger partial charge in [0.05, 0.1) is 0 Å². The molecule has 2 aromatic carbocycles. The minimum atomic E-state index is -3.86. The summed E-state index contributed by atoms with van der Waals surface area (Å²) in [6.45, 7) is 0. The Hall–Kier alpha value is -4.59. The first-order valence-electron chi connectivity index (χ1n) is 10.7. The minimum absolute atomic E-state index is 0.0271. The molecule has 4 amide bonds. The van der Waals surface area contributed by atoms with Crippen LogP contribution in [0.2, 0.25) is 0 Å². The highest BCUT2D eigenvalue weighted by Gasteiger charge is 2.47. The number of fused-ring (bicyclic) bond motifs is 1. The molecule has 3 heterocycles. The van der Waals surface area contributed by atoms with Crippen molar-refractivity contribution in [1.29, 1.82) is 0 Å². The highest BCUT2D eigenvalue weighted by atomic mass is 32.1. The molecule has 1 unspecified atom stereocenters. The molecule has 0 radical (unpaired) electrons. The number of hydrogen-bond donors (Lipinski definition) is 3. The summed E-state index contributed by atoms with van der Waals surface area (Å²) >= 11 is 0.868. The lowest BCUT2D eigenvalue weighted by molar-refractivity contribution is -0.286. The summed E-state index contributed by atoms with van der Waals surface area (Å²) in [6, 6.07) is 8.79. The van der Waals surface area contributed by atoms with E-state index in [2.05, 4.69) is 25.1 Å². The number of halogens is 2. The minimum Gasteiger partial charge on any atom is -0.476 e. The van der Waals surface area contributed by atoms with E-state index in [9.17, 15) is 28.0 Å². The first kappa shape index (κ1) is 24.1. The van der Waals surface area contributed by atoms with E-state index in [1.54, 1.807) is 30.3 Å². The molecule has 2 atom stereocenters. The van der Waals surface area contributed by atoms with Crippen molar-refractivity contribution in [2.45, 2.75) is 24.8 Å². The molecular weight excluding hydrogens is 514 g/mol. The second-order valence-electron chi connectivity index (χ2n) is 8.00. The Kier molecular flexibility index (Phi) is 5.95. The number of rotatable bonds is 7. The zero-order chi connectivity index (χ0) is 26.3. The van der Waals surface area contributed by atoms with Gasteiger partial charge in [0, 0.05) is 11.8 Å². The predicted octanol–water partition coefficient (Wildman–Crippen LogP) is 3.01. The number of nitrogens with one attached hydrogen (secondary N) is 2. The average molecular weight is 530 g/mol. The average Bonchev–Trinajstić information content (AvgIpc) is 3.52. The number of carboxylic acids is 1. The van der Waals surface area contributed by atoms with Crippen molar-refractivity contribution in [3.63, 3.8) is 0 Å². The number of hydrogen-bond acceptors (Lipinski definition) is 8. The molecule has 5 rings (SSSR count). The van der Waals surface area contributed by atoms with Crippen molar-refractivity contribution in [1.82, 2.24) is 15.2 Å². The lowest BCUT2D eigenvalue weighted by atomic mass is 10.0. The van der Waals surface area contributed by atoms with Crippen LogP contribution in [0, 0.1) is 0 Å². The second-order valence-corrected chi connectivity index (χ2v) is 8.86. The lowest BCUT2D eigenvalue weighted by Crippen LogP contribution is -2.49. The lowest BCUT2D eigenvalue weighted by Gasteiger charge is -2.24. The zero-order valence-electron chi connectivity index (χ0n) is 18.5. The topological polar surface area (TPSA) is 147 Å². The Labute approximate surface area is 210 Å². The van der Waals surface area contributed by atoms with Gasteiger partial charge in [0.1, 0.15) is 12.1 Å². The van der Waals surface area contributed by atoms with Crippen LogP contribution in [-0.4, -0.2) is 51.1 Å². The van der Waals surface area contributed by atoms with E-state index in [0.29, 0.717) is 5.56 Å². The van der Waals surface area contributed by atoms with Crippen LogP contribution in [0.4, 0.5) is 18.7 Å². The molecule has 3 N–H and O–H groups in total. The molecule has 1 aromatic heterocycles. The largest absolute Gasteiger partial charge is 0.586 e. The highest BCUT2D eigenvalue weighted by Crippen LogP contribution is 2.42. The van der Waals surface area contributed by atoms with Gasteiger partial charge in [0.25, 0.3) is 5.91 Å². The second kappa shape index (κ2) is 9.13. The number of amides is 4. The molecule has 0 spiro atoms. The number of aromatic carboxylic acids is 1. The monoisotopic (exact) mass is 530 g/mol. The molecule has 0 bridgehead atoms. The summed E-state index contributed by atoms with van der Waals surface area (Å²) in [6.07, 6.45) is -3.91. The van der Waals surface area contributed by atoms with Crippen LogP contribution in [0.25, 0.3) is 0 Å². The predicted molar refractivity (Wildman–Crippen MR) is 122 cm³/mol. The van der Waals surface area contributed by atoms with Crippen molar-refractivity contribution in [3.8, 4) is 11.5 Å². The van der Waals surface area contributed by atoms with Gasteiger partial charge in [-0.2, -0.15) is 0 Å². The molecule has 0 saturated carbocycles. The van der Waals surface area contributed by atoms with Crippen molar-refractivity contribution < 1.29 is 42.5 Å². The summed E-state index contributed by atoms with van der Waals surface area (Å²) in [5, 5.41) is 15.2. The summed E-state index contributed by atoms with van der Waals surface area (Å²) in [5.74, 6) is -3.38. The first-order chi connectivity index (χ1) is 17.6. The summed E-state index contributed by atoms with van der Waals surface area (Å²) < 4.78 is 35.6. The maximum absolute atomic E-state index is 13.4. The van der Waals surface area contributed by atoms with Crippen LogP contribution in [0.1, 0.15) is 27.7 Å². The number of ether oxygens (including phenoxy) is 2. The molecule has 1 fully saturated rings. The molecule has 37 heavy (non-hydrogen) atoms. The fourth-order valence-corrected chi connectivity index (χ4v) is 4.60. The van der Waals surface area contributed by atoms with E-state index in [0.717, 1.165) is 22.3 Å². The molecule has 11 nitrogen and oxygen atoms in total. The van der Waals surface area contributed by atoms with Gasteiger partial charge < -0.3 is 25.2 Å². The van der Waals surface area contributed by atoms with E-state index in [4.69, 9.17) is 5.11 Å². The first-order valence-corrected chi connectivity index (χ1v) is 11.6. The van der Waals surface area contributed by atoms with Gasteiger partial charge in [-0.25, -0.2) is 19.5 Å². The van der Waals surface area contributed by atoms with Crippen LogP contribution in [-0.2, 0) is 16.0 Å². The van der Waals surface area contributed by atoms with Crippen molar-refractivity contribution in [2.24, 2.45) is 0 Å². The Morgan fingerprint density at radius 2 is 1.89 bits per heavy atom. The Morgan fingerprint density at radius 1 is 1.16 bits per heavy atom. The Morgan fingerprint density at radius 3 is 2.59 bits per heavy atom. The SMILES string of the molecule is O=C(O)c1csc(NC(=O)[C@H](Cc2ccccc2)N2C(=O)NC(c3ccc4c(c3)OC(F)(F)O4)C2=O)n1. The van der Waals surface area contributed by atoms with Crippen LogP contribution in [0.15, 0.2) is 53.9 Å². The number of benzene rings is 2. The molecule has 2 aliphatic heterocycles. The van der Waals surface area contributed by atoms with Gasteiger partial charge in [0.15, 0.2) is 22.3 Å². The van der Waals surface area contributed by atoms with Gasteiger partial charge >= 0.3 is 18.3 Å². The van der Waals surface area contributed by atoms with Crippen LogP contribution >= 0.6 is 11.3 Å². The zero-order valence-corrected chi connectivity index (χ0v) is 19.3. The van der Waals surface area contributed by atoms with Crippen molar-refractivity contribution >= 4 is 40.3 Å².